The number of hydrogen-bond donors (Lipinski definition) is 3. The van der Waals surface area contributed by atoms with Crippen LogP contribution in [0.1, 0.15) is 24.7 Å². The molecular weight excluding hydrogens is 436 g/mol. The van der Waals surface area contributed by atoms with Crippen molar-refractivity contribution in [2.24, 2.45) is 0 Å². The highest BCUT2D eigenvalue weighted by atomic mass is 16.2. The van der Waals surface area contributed by atoms with Crippen LogP contribution in [-0.4, -0.2) is 56.9 Å². The first-order valence-electron chi connectivity index (χ1n) is 10.9. The zero-order chi connectivity index (χ0) is 24.3. The molecule has 0 aliphatic carbocycles. The number of H-pyrrole nitrogens is 1. The molecule has 2 heterocycles. The number of hydrazine groups is 1. The first-order valence-corrected chi connectivity index (χ1v) is 10.9. The van der Waals surface area contributed by atoms with E-state index in [0.717, 1.165) is 10.6 Å². The fourth-order valence-corrected chi connectivity index (χ4v) is 3.92. The normalized spacial score (nSPS) is 17.9. The van der Waals surface area contributed by atoms with Crippen molar-refractivity contribution in [3.05, 3.63) is 76.3 Å². The van der Waals surface area contributed by atoms with E-state index in [1.807, 2.05) is 30.3 Å². The Hall–Kier alpha value is -4.05. The summed E-state index contributed by atoms with van der Waals surface area (Å²) >= 11 is 0. The van der Waals surface area contributed by atoms with E-state index in [-0.39, 0.29) is 18.6 Å². The Morgan fingerprint density at radius 2 is 1.79 bits per heavy atom. The van der Waals surface area contributed by atoms with Crippen LogP contribution in [0.15, 0.2) is 59.4 Å². The number of hydrogen-bond acceptors (Lipinski definition) is 6. The number of likely N-dealkylation sites (N-methyl/N-ethyl adjacent to an activating group) is 1. The van der Waals surface area contributed by atoms with Crippen LogP contribution in [0.5, 0.6) is 0 Å². The number of para-hydroxylation sites is 1. The molecule has 4 amide bonds. The third kappa shape index (κ3) is 4.96. The number of aromatic nitrogens is 2. The highest BCUT2D eigenvalue weighted by Gasteiger charge is 2.48. The first-order chi connectivity index (χ1) is 16.2. The number of amides is 4. The van der Waals surface area contributed by atoms with Gasteiger partial charge in [0.2, 0.25) is 0 Å². The molecule has 1 aliphatic rings. The molecule has 10 heteroatoms. The summed E-state index contributed by atoms with van der Waals surface area (Å²) in [4.78, 5) is 58.8. The Balaban J connectivity index is 1.34. The standard InChI is InChI=1S/C24H26N6O4/c1-24(13-12-16-8-4-3-5-9-16)22(33)30(23(34)27-24)28-20(31)15-29(2)14-19-25-18-11-7-6-10-17(18)21(32)26-19/h3-11H,12-15H2,1-2H3,(H,27,34)(H,28,31)(H,25,26,32)/t24-/m1/s1. The van der Waals surface area contributed by atoms with Crippen molar-refractivity contribution in [3.8, 4) is 0 Å². The highest BCUT2D eigenvalue weighted by Crippen LogP contribution is 2.22. The zero-order valence-electron chi connectivity index (χ0n) is 19.0. The Labute approximate surface area is 195 Å². The van der Waals surface area contributed by atoms with Crippen molar-refractivity contribution in [3.63, 3.8) is 0 Å². The predicted octanol–water partition coefficient (Wildman–Crippen LogP) is 1.33. The first kappa shape index (κ1) is 23.1. The molecule has 1 fully saturated rings. The second kappa shape index (κ2) is 9.44. The number of carbonyl (C=O) groups is 3. The van der Waals surface area contributed by atoms with E-state index in [0.29, 0.717) is 29.6 Å². The number of nitrogens with one attached hydrogen (secondary N) is 3. The Morgan fingerprint density at radius 1 is 1.09 bits per heavy atom. The average Bonchev–Trinajstić information content (AvgIpc) is 3.01. The molecule has 0 saturated carbocycles. The molecule has 2 aromatic carbocycles. The van der Waals surface area contributed by atoms with Crippen molar-refractivity contribution < 1.29 is 14.4 Å². The van der Waals surface area contributed by atoms with Gasteiger partial charge in [-0.25, -0.2) is 9.78 Å². The van der Waals surface area contributed by atoms with Crippen LogP contribution in [0.25, 0.3) is 10.9 Å². The molecule has 3 aromatic rings. The maximum absolute atomic E-state index is 12.9. The summed E-state index contributed by atoms with van der Waals surface area (Å²) in [5.41, 5.74) is 2.64. The lowest BCUT2D eigenvalue weighted by Crippen LogP contribution is -2.51. The van der Waals surface area contributed by atoms with Crippen LogP contribution in [0.4, 0.5) is 4.79 Å². The molecule has 3 N–H and O–H groups in total. The van der Waals surface area contributed by atoms with Gasteiger partial charge in [0.05, 0.1) is 24.0 Å². The summed E-state index contributed by atoms with van der Waals surface area (Å²) in [7, 11) is 1.67. The summed E-state index contributed by atoms with van der Waals surface area (Å²) in [6, 6.07) is 16.0. The minimum Gasteiger partial charge on any atom is -0.322 e. The third-order valence-electron chi connectivity index (χ3n) is 5.75. The average molecular weight is 463 g/mol. The van der Waals surface area contributed by atoms with Crippen molar-refractivity contribution in [2.45, 2.75) is 31.8 Å². The molecule has 4 rings (SSSR count). The Morgan fingerprint density at radius 3 is 2.56 bits per heavy atom. The van der Waals surface area contributed by atoms with E-state index in [2.05, 4.69) is 20.7 Å². The van der Waals surface area contributed by atoms with Gasteiger partial charge in [-0.3, -0.25) is 24.7 Å². The van der Waals surface area contributed by atoms with Gasteiger partial charge in [0, 0.05) is 0 Å². The number of carbonyl (C=O) groups excluding carboxylic acids is 3. The minimum atomic E-state index is -1.11. The monoisotopic (exact) mass is 462 g/mol. The summed E-state index contributed by atoms with van der Waals surface area (Å²) < 4.78 is 0. The molecule has 1 aromatic heterocycles. The van der Waals surface area contributed by atoms with Crippen LogP contribution >= 0.6 is 0 Å². The van der Waals surface area contributed by atoms with Crippen molar-refractivity contribution in [2.75, 3.05) is 13.6 Å². The Kier molecular flexibility index (Phi) is 6.42. The van der Waals surface area contributed by atoms with Crippen molar-refractivity contribution >= 4 is 28.7 Å². The van der Waals surface area contributed by atoms with Gasteiger partial charge >= 0.3 is 6.03 Å². The number of fused-ring (bicyclic) bond motifs is 1. The van der Waals surface area contributed by atoms with Crippen LogP contribution in [0.2, 0.25) is 0 Å². The van der Waals surface area contributed by atoms with Gasteiger partial charge in [-0.1, -0.05) is 42.5 Å². The van der Waals surface area contributed by atoms with Gasteiger partial charge < -0.3 is 10.3 Å². The third-order valence-corrected chi connectivity index (χ3v) is 5.75. The van der Waals surface area contributed by atoms with E-state index in [9.17, 15) is 19.2 Å². The molecule has 0 unspecified atom stereocenters. The fraction of sp³-hybridized carbons (Fsp3) is 0.292. The number of aryl methyl sites for hydroxylation is 1. The number of imide groups is 1. The van der Waals surface area contributed by atoms with Gasteiger partial charge in [0.15, 0.2) is 0 Å². The largest absolute Gasteiger partial charge is 0.344 e. The second-order valence-electron chi connectivity index (χ2n) is 8.63. The number of urea groups is 1. The fourth-order valence-electron chi connectivity index (χ4n) is 3.92. The minimum absolute atomic E-state index is 0.117. The molecule has 34 heavy (non-hydrogen) atoms. The van der Waals surface area contributed by atoms with Gasteiger partial charge in [-0.2, -0.15) is 5.01 Å². The van der Waals surface area contributed by atoms with Crippen LogP contribution in [0.3, 0.4) is 0 Å². The van der Waals surface area contributed by atoms with E-state index in [1.54, 1.807) is 43.1 Å². The van der Waals surface area contributed by atoms with E-state index in [1.165, 1.54) is 0 Å². The summed E-state index contributed by atoms with van der Waals surface area (Å²) in [5.74, 6) is -0.645. The lowest BCUT2D eigenvalue weighted by molar-refractivity contribution is -0.139. The number of aromatic amines is 1. The maximum atomic E-state index is 12.9. The number of nitrogens with zero attached hydrogens (tertiary/aromatic N) is 3. The zero-order valence-corrected chi connectivity index (χ0v) is 19.0. The van der Waals surface area contributed by atoms with Gasteiger partial charge in [-0.15, -0.1) is 0 Å². The van der Waals surface area contributed by atoms with Crippen LogP contribution in [0, 0.1) is 0 Å². The highest BCUT2D eigenvalue weighted by molar-refractivity contribution is 6.07. The molecule has 0 bridgehead atoms. The van der Waals surface area contributed by atoms with Crippen molar-refractivity contribution in [1.29, 1.82) is 0 Å². The molecule has 1 aliphatic heterocycles. The lowest BCUT2D eigenvalue weighted by Gasteiger charge is -2.22. The van der Waals surface area contributed by atoms with Gasteiger partial charge in [0.25, 0.3) is 17.4 Å². The van der Waals surface area contributed by atoms with Crippen LogP contribution < -0.4 is 16.3 Å². The molecule has 176 valence electrons. The predicted molar refractivity (Wildman–Crippen MR) is 125 cm³/mol. The summed E-state index contributed by atoms with van der Waals surface area (Å²) in [6.07, 6.45) is 1.000. The SMILES string of the molecule is CN(CC(=O)NN1C(=O)N[C@](C)(CCc2ccccc2)C1=O)Cc1nc2ccccc2c(=O)[nH]1. The van der Waals surface area contributed by atoms with Crippen LogP contribution in [-0.2, 0) is 22.6 Å². The van der Waals surface area contributed by atoms with E-state index < -0.39 is 23.4 Å². The molecular formula is C24H26N6O4. The second-order valence-corrected chi connectivity index (χ2v) is 8.63. The number of rotatable bonds is 8. The topological polar surface area (TPSA) is 128 Å². The molecule has 10 nitrogen and oxygen atoms in total. The summed E-state index contributed by atoms with van der Waals surface area (Å²) in [6.45, 7) is 1.73. The molecule has 0 radical (unpaired) electrons. The van der Waals surface area contributed by atoms with Gasteiger partial charge in [0.1, 0.15) is 11.4 Å². The Bertz CT molecular complexity index is 1290. The van der Waals surface area contributed by atoms with E-state index in [4.69, 9.17) is 0 Å². The maximum Gasteiger partial charge on any atom is 0.344 e. The van der Waals surface area contributed by atoms with E-state index >= 15 is 0 Å². The molecule has 0 spiro atoms. The summed E-state index contributed by atoms with van der Waals surface area (Å²) in [5, 5.41) is 3.90. The number of benzene rings is 2. The molecule has 1 saturated heterocycles. The lowest BCUT2D eigenvalue weighted by atomic mass is 9.93. The van der Waals surface area contributed by atoms with Crippen molar-refractivity contribution in [1.82, 2.24) is 30.6 Å². The van der Waals surface area contributed by atoms with Gasteiger partial charge in [-0.05, 0) is 44.5 Å². The quantitative estimate of drug-likeness (QED) is 0.434. The smallest absolute Gasteiger partial charge is 0.322 e. The molecule has 1 atom stereocenters.